The van der Waals surface area contributed by atoms with Crippen molar-refractivity contribution < 1.29 is 24.2 Å². The second kappa shape index (κ2) is 8.11. The van der Waals surface area contributed by atoms with Crippen LogP contribution in [-0.4, -0.2) is 43.9 Å². The summed E-state index contributed by atoms with van der Waals surface area (Å²) in [6, 6.07) is 3.58. The van der Waals surface area contributed by atoms with Crippen LogP contribution in [0.1, 0.15) is 23.2 Å². The van der Waals surface area contributed by atoms with E-state index in [0.717, 1.165) is 0 Å². The van der Waals surface area contributed by atoms with Gasteiger partial charge < -0.3 is 25.6 Å². The summed E-state index contributed by atoms with van der Waals surface area (Å²) in [6.07, 6.45) is 0.818. The third kappa shape index (κ3) is 4.96. The number of methoxy groups -OCH3 is 2. The van der Waals surface area contributed by atoms with E-state index in [1.807, 2.05) is 0 Å². The molecule has 116 valence electrons. The average molecular weight is 296 g/mol. The minimum Gasteiger partial charge on any atom is -0.496 e. The van der Waals surface area contributed by atoms with Crippen LogP contribution >= 0.6 is 0 Å². The number of anilines is 1. The first-order valence-electron chi connectivity index (χ1n) is 6.45. The van der Waals surface area contributed by atoms with E-state index in [2.05, 4.69) is 5.32 Å². The third-order valence-electron chi connectivity index (χ3n) is 2.91. The fourth-order valence-electron chi connectivity index (χ4n) is 1.82. The van der Waals surface area contributed by atoms with Crippen LogP contribution in [0, 0.1) is 0 Å². The molecule has 0 aromatic heterocycles. The summed E-state index contributed by atoms with van der Waals surface area (Å²) in [5.41, 5.74) is 6.31. The van der Waals surface area contributed by atoms with Gasteiger partial charge in [0.05, 0.1) is 12.7 Å². The number of nitrogen functional groups attached to an aromatic ring is 1. The zero-order valence-corrected chi connectivity index (χ0v) is 12.1. The molecule has 0 fully saturated rings. The highest BCUT2D eigenvalue weighted by atomic mass is 16.5. The minimum absolute atomic E-state index is 0.240. The zero-order valence-electron chi connectivity index (χ0n) is 12.1. The average Bonchev–Trinajstić information content (AvgIpc) is 2.45. The van der Waals surface area contributed by atoms with Crippen molar-refractivity contribution in [1.82, 2.24) is 5.32 Å². The maximum absolute atomic E-state index is 12.2. The van der Waals surface area contributed by atoms with Crippen LogP contribution in [0.15, 0.2) is 18.2 Å². The first-order chi connectivity index (χ1) is 9.99. The number of nitrogens with two attached hydrogens (primary N) is 1. The predicted molar refractivity (Wildman–Crippen MR) is 77.4 cm³/mol. The molecule has 0 bridgehead atoms. The maximum atomic E-state index is 12.2. The number of amides is 1. The number of ether oxygens (including phenoxy) is 2. The number of carbonyl (C=O) groups excluding carboxylic acids is 1. The van der Waals surface area contributed by atoms with E-state index in [9.17, 15) is 9.59 Å². The van der Waals surface area contributed by atoms with Crippen molar-refractivity contribution in [2.75, 3.05) is 26.6 Å². The SMILES string of the molecule is COCCCC(NC(=O)c1ccc(N)cc1OC)C(=O)O. The topological polar surface area (TPSA) is 111 Å². The van der Waals surface area contributed by atoms with Crippen LogP contribution in [0.25, 0.3) is 0 Å². The molecule has 1 amide bonds. The lowest BCUT2D eigenvalue weighted by molar-refractivity contribution is -0.139. The van der Waals surface area contributed by atoms with E-state index in [-0.39, 0.29) is 12.0 Å². The number of benzene rings is 1. The molecule has 0 radical (unpaired) electrons. The second-order valence-electron chi connectivity index (χ2n) is 4.46. The molecule has 21 heavy (non-hydrogen) atoms. The van der Waals surface area contributed by atoms with E-state index in [4.69, 9.17) is 20.3 Å². The van der Waals surface area contributed by atoms with Gasteiger partial charge >= 0.3 is 5.97 Å². The predicted octanol–water partition coefficient (Wildman–Crippen LogP) is 0.887. The molecule has 1 rings (SSSR count). The van der Waals surface area contributed by atoms with Gasteiger partial charge in [0, 0.05) is 25.5 Å². The van der Waals surface area contributed by atoms with Gasteiger partial charge in [-0.1, -0.05) is 0 Å². The molecule has 0 saturated heterocycles. The first-order valence-corrected chi connectivity index (χ1v) is 6.45. The van der Waals surface area contributed by atoms with Crippen LogP contribution in [0.2, 0.25) is 0 Å². The molecular weight excluding hydrogens is 276 g/mol. The van der Waals surface area contributed by atoms with Gasteiger partial charge in [0.15, 0.2) is 0 Å². The summed E-state index contributed by atoms with van der Waals surface area (Å²) in [6.45, 7) is 0.435. The lowest BCUT2D eigenvalue weighted by Crippen LogP contribution is -2.41. The quantitative estimate of drug-likeness (QED) is 0.485. The zero-order chi connectivity index (χ0) is 15.8. The van der Waals surface area contributed by atoms with Gasteiger partial charge in [0.1, 0.15) is 11.8 Å². The van der Waals surface area contributed by atoms with Gasteiger partial charge in [0.25, 0.3) is 5.91 Å². The number of nitrogens with one attached hydrogen (secondary N) is 1. The lowest BCUT2D eigenvalue weighted by Gasteiger charge is -2.15. The fraction of sp³-hybridized carbons (Fsp3) is 0.429. The number of hydrogen-bond acceptors (Lipinski definition) is 5. The Morgan fingerprint density at radius 3 is 2.67 bits per heavy atom. The molecule has 0 aliphatic heterocycles. The molecule has 7 nitrogen and oxygen atoms in total. The Balaban J connectivity index is 2.79. The van der Waals surface area contributed by atoms with Gasteiger partial charge in [-0.15, -0.1) is 0 Å². The Labute approximate surface area is 123 Å². The molecule has 1 aromatic rings. The van der Waals surface area contributed by atoms with Gasteiger partial charge in [-0.25, -0.2) is 4.79 Å². The molecule has 0 aliphatic rings. The summed E-state index contributed by atoms with van der Waals surface area (Å²) in [5, 5.41) is 11.6. The first kappa shape index (κ1) is 16.8. The van der Waals surface area contributed by atoms with Crippen molar-refractivity contribution in [2.24, 2.45) is 0 Å². The summed E-state index contributed by atoms with van der Waals surface area (Å²) in [5.74, 6) is -1.31. The standard InChI is InChI=1S/C14H20N2O5/c1-20-7-3-4-11(14(18)19)16-13(17)10-6-5-9(15)8-12(10)21-2/h5-6,8,11H,3-4,7,15H2,1-2H3,(H,16,17)(H,18,19). The van der Waals surface area contributed by atoms with E-state index in [1.54, 1.807) is 6.07 Å². The van der Waals surface area contributed by atoms with E-state index < -0.39 is 17.9 Å². The van der Waals surface area contributed by atoms with Gasteiger partial charge in [-0.05, 0) is 25.0 Å². The van der Waals surface area contributed by atoms with Crippen molar-refractivity contribution in [1.29, 1.82) is 0 Å². The highest BCUT2D eigenvalue weighted by Gasteiger charge is 2.22. The summed E-state index contributed by atoms with van der Waals surface area (Å²) < 4.78 is 9.95. The Hall–Kier alpha value is -2.28. The smallest absolute Gasteiger partial charge is 0.326 e. The van der Waals surface area contributed by atoms with Crippen molar-refractivity contribution in [2.45, 2.75) is 18.9 Å². The molecule has 1 aromatic carbocycles. The van der Waals surface area contributed by atoms with Gasteiger partial charge in [0.2, 0.25) is 0 Å². The molecule has 0 saturated carbocycles. The van der Waals surface area contributed by atoms with Crippen molar-refractivity contribution in [3.63, 3.8) is 0 Å². The monoisotopic (exact) mass is 296 g/mol. The second-order valence-corrected chi connectivity index (χ2v) is 4.46. The van der Waals surface area contributed by atoms with Crippen LogP contribution in [0.5, 0.6) is 5.75 Å². The Kier molecular flexibility index (Phi) is 6.48. The molecular formula is C14H20N2O5. The molecule has 0 aliphatic carbocycles. The highest BCUT2D eigenvalue weighted by molar-refractivity contribution is 5.99. The summed E-state index contributed by atoms with van der Waals surface area (Å²) in [7, 11) is 2.95. The lowest BCUT2D eigenvalue weighted by atomic mass is 10.1. The third-order valence-corrected chi connectivity index (χ3v) is 2.91. The van der Waals surface area contributed by atoms with Gasteiger partial charge in [-0.2, -0.15) is 0 Å². The largest absolute Gasteiger partial charge is 0.496 e. The number of carboxylic acid groups (broad SMARTS) is 1. The van der Waals surface area contributed by atoms with Crippen LogP contribution in [0.4, 0.5) is 5.69 Å². The Morgan fingerprint density at radius 1 is 1.38 bits per heavy atom. The van der Waals surface area contributed by atoms with E-state index >= 15 is 0 Å². The summed E-state index contributed by atoms with van der Waals surface area (Å²) >= 11 is 0. The summed E-state index contributed by atoms with van der Waals surface area (Å²) in [4.78, 5) is 23.3. The number of aliphatic carboxylic acids is 1. The van der Waals surface area contributed by atoms with E-state index in [0.29, 0.717) is 24.5 Å². The number of carbonyl (C=O) groups is 2. The Bertz CT molecular complexity index is 504. The minimum atomic E-state index is -1.09. The van der Waals surface area contributed by atoms with Crippen molar-refractivity contribution >= 4 is 17.6 Å². The number of hydrogen-bond donors (Lipinski definition) is 3. The fourth-order valence-corrected chi connectivity index (χ4v) is 1.82. The van der Waals surface area contributed by atoms with Crippen molar-refractivity contribution in [3.8, 4) is 5.75 Å². The number of carboxylic acids is 1. The highest BCUT2D eigenvalue weighted by Crippen LogP contribution is 2.21. The normalized spacial score (nSPS) is 11.7. The van der Waals surface area contributed by atoms with Crippen LogP contribution in [-0.2, 0) is 9.53 Å². The Morgan fingerprint density at radius 2 is 2.10 bits per heavy atom. The van der Waals surface area contributed by atoms with Crippen molar-refractivity contribution in [3.05, 3.63) is 23.8 Å². The molecule has 0 spiro atoms. The maximum Gasteiger partial charge on any atom is 0.326 e. The van der Waals surface area contributed by atoms with Gasteiger partial charge in [-0.3, -0.25) is 4.79 Å². The van der Waals surface area contributed by atoms with Crippen LogP contribution < -0.4 is 15.8 Å². The molecule has 1 atom stereocenters. The molecule has 4 N–H and O–H groups in total. The molecule has 1 unspecified atom stereocenters. The van der Waals surface area contributed by atoms with E-state index in [1.165, 1.54) is 26.4 Å². The van der Waals surface area contributed by atoms with Crippen LogP contribution in [0.3, 0.4) is 0 Å². The molecule has 7 heteroatoms. The number of rotatable bonds is 8. The molecule has 0 heterocycles.